The van der Waals surface area contributed by atoms with Crippen LogP contribution in [0.5, 0.6) is 0 Å². The first-order valence-electron chi connectivity index (χ1n) is 8.08. The third-order valence-electron chi connectivity index (χ3n) is 4.37. The zero-order valence-electron chi connectivity index (χ0n) is 14.2. The number of amides is 1. The second-order valence-electron chi connectivity index (χ2n) is 6.33. The van der Waals surface area contributed by atoms with Gasteiger partial charge in [-0.05, 0) is 24.5 Å². The molecule has 6 heteroatoms. The fourth-order valence-electron chi connectivity index (χ4n) is 3.11. The Balaban J connectivity index is 2.14. The van der Waals surface area contributed by atoms with Gasteiger partial charge in [0.15, 0.2) is 0 Å². The number of likely N-dealkylation sites (N-methyl/N-ethyl adjacent to an activating group) is 1. The van der Waals surface area contributed by atoms with Crippen molar-refractivity contribution in [3.8, 4) is 0 Å². The fraction of sp³-hybridized carbons (Fsp3) is 0.588. The van der Waals surface area contributed by atoms with Gasteiger partial charge in [0.2, 0.25) is 5.91 Å². The molecule has 0 aromatic heterocycles. The lowest BCUT2D eigenvalue weighted by molar-refractivity contribution is -0.134. The summed E-state index contributed by atoms with van der Waals surface area (Å²) in [4.78, 5) is 16.8. The quantitative estimate of drug-likeness (QED) is 0.825. The van der Waals surface area contributed by atoms with Crippen LogP contribution in [0.25, 0.3) is 0 Å². The van der Waals surface area contributed by atoms with Crippen molar-refractivity contribution >= 4 is 21.4 Å². The molecule has 1 amide bonds. The number of carbonyl (C=O) groups excluding carboxylic acids is 1. The minimum atomic E-state index is -3.01. The van der Waals surface area contributed by atoms with Crippen molar-refractivity contribution < 1.29 is 13.2 Å². The number of sulfone groups is 1. The molecule has 1 aromatic rings. The van der Waals surface area contributed by atoms with Crippen LogP contribution in [0.1, 0.15) is 31.7 Å². The van der Waals surface area contributed by atoms with Crippen LogP contribution in [0.2, 0.25) is 0 Å². The van der Waals surface area contributed by atoms with Crippen LogP contribution in [0.3, 0.4) is 0 Å². The van der Waals surface area contributed by atoms with E-state index in [0.29, 0.717) is 13.0 Å². The number of fused-ring (bicyclic) bond motifs is 1. The van der Waals surface area contributed by atoms with E-state index in [1.807, 2.05) is 17.0 Å². The van der Waals surface area contributed by atoms with Crippen molar-refractivity contribution in [2.45, 2.75) is 38.8 Å². The van der Waals surface area contributed by atoms with Gasteiger partial charge in [-0.2, -0.15) is 0 Å². The van der Waals surface area contributed by atoms with Crippen molar-refractivity contribution in [1.82, 2.24) is 4.90 Å². The van der Waals surface area contributed by atoms with Gasteiger partial charge in [-0.25, -0.2) is 8.42 Å². The predicted octanol–water partition coefficient (Wildman–Crippen LogP) is 2.07. The Morgan fingerprint density at radius 3 is 2.65 bits per heavy atom. The van der Waals surface area contributed by atoms with Gasteiger partial charge >= 0.3 is 0 Å². The van der Waals surface area contributed by atoms with E-state index >= 15 is 0 Å². The highest BCUT2D eigenvalue weighted by atomic mass is 32.2. The van der Waals surface area contributed by atoms with E-state index in [1.165, 1.54) is 6.26 Å². The maximum atomic E-state index is 12.6. The Labute approximate surface area is 139 Å². The SMILES string of the molecule is CCC1CN(C)c2ccccc2CN1C(=O)CCCS(C)(=O)=O. The number of hydrogen-bond donors (Lipinski definition) is 0. The normalized spacial score (nSPS) is 18.5. The summed E-state index contributed by atoms with van der Waals surface area (Å²) in [5, 5.41) is 0. The van der Waals surface area contributed by atoms with E-state index in [-0.39, 0.29) is 24.1 Å². The van der Waals surface area contributed by atoms with Crippen LogP contribution in [0.4, 0.5) is 5.69 Å². The van der Waals surface area contributed by atoms with Crippen molar-refractivity contribution in [3.63, 3.8) is 0 Å². The maximum absolute atomic E-state index is 12.6. The summed E-state index contributed by atoms with van der Waals surface area (Å²) in [7, 11) is -0.959. The highest BCUT2D eigenvalue weighted by molar-refractivity contribution is 7.90. The first-order chi connectivity index (χ1) is 10.8. The lowest BCUT2D eigenvalue weighted by Gasteiger charge is -2.30. The van der Waals surface area contributed by atoms with Crippen LogP contribution in [-0.2, 0) is 21.2 Å². The highest BCUT2D eigenvalue weighted by Crippen LogP contribution is 2.27. The largest absolute Gasteiger partial charge is 0.372 e. The smallest absolute Gasteiger partial charge is 0.223 e. The molecule has 1 aliphatic rings. The summed E-state index contributed by atoms with van der Waals surface area (Å²) in [6.45, 7) is 3.48. The number of para-hydroxylation sites is 1. The molecule has 0 saturated carbocycles. The number of carbonyl (C=O) groups is 1. The standard InChI is InChI=1S/C17H26N2O3S/c1-4-15-13-18(2)16-9-6-5-8-14(16)12-19(15)17(20)10-7-11-23(3,21)22/h5-6,8-9,15H,4,7,10-13H2,1-3H3. The van der Waals surface area contributed by atoms with Crippen molar-refractivity contribution in [2.24, 2.45) is 0 Å². The van der Waals surface area contributed by atoms with Gasteiger partial charge in [0, 0.05) is 44.5 Å². The second kappa shape index (κ2) is 7.34. The monoisotopic (exact) mass is 338 g/mol. The van der Waals surface area contributed by atoms with Crippen molar-refractivity contribution in [3.05, 3.63) is 29.8 Å². The van der Waals surface area contributed by atoms with E-state index in [9.17, 15) is 13.2 Å². The number of anilines is 1. The van der Waals surface area contributed by atoms with Crippen molar-refractivity contribution in [1.29, 1.82) is 0 Å². The Hall–Kier alpha value is -1.56. The van der Waals surface area contributed by atoms with Crippen LogP contribution in [0.15, 0.2) is 24.3 Å². The first kappa shape index (κ1) is 17.8. The molecule has 5 nitrogen and oxygen atoms in total. The molecule has 23 heavy (non-hydrogen) atoms. The zero-order valence-corrected chi connectivity index (χ0v) is 15.0. The molecule has 1 unspecified atom stereocenters. The Morgan fingerprint density at radius 2 is 2.00 bits per heavy atom. The summed E-state index contributed by atoms with van der Waals surface area (Å²) in [6.07, 6.45) is 2.77. The third kappa shape index (κ3) is 4.70. The number of hydrogen-bond acceptors (Lipinski definition) is 4. The highest BCUT2D eigenvalue weighted by Gasteiger charge is 2.28. The molecule has 1 aliphatic heterocycles. The lowest BCUT2D eigenvalue weighted by atomic mass is 10.1. The van der Waals surface area contributed by atoms with Crippen LogP contribution >= 0.6 is 0 Å². The second-order valence-corrected chi connectivity index (χ2v) is 8.59. The first-order valence-corrected chi connectivity index (χ1v) is 10.1. The Bertz CT molecular complexity index is 658. The van der Waals surface area contributed by atoms with Crippen LogP contribution in [0, 0.1) is 0 Å². The fourth-order valence-corrected chi connectivity index (χ4v) is 3.78. The van der Waals surface area contributed by atoms with Gasteiger partial charge in [-0.3, -0.25) is 4.79 Å². The van der Waals surface area contributed by atoms with Gasteiger partial charge in [0.1, 0.15) is 9.84 Å². The van der Waals surface area contributed by atoms with E-state index in [1.54, 1.807) is 0 Å². The molecular formula is C17H26N2O3S. The van der Waals surface area contributed by atoms with Gasteiger partial charge < -0.3 is 9.80 Å². The molecule has 0 fully saturated rings. The molecule has 1 aromatic carbocycles. The van der Waals surface area contributed by atoms with E-state index < -0.39 is 9.84 Å². The molecule has 0 aliphatic carbocycles. The van der Waals surface area contributed by atoms with Crippen LogP contribution in [-0.4, -0.2) is 50.9 Å². The zero-order chi connectivity index (χ0) is 17.0. The molecule has 0 radical (unpaired) electrons. The Kier molecular flexibility index (Phi) is 5.68. The summed E-state index contributed by atoms with van der Waals surface area (Å²) in [5.41, 5.74) is 2.31. The molecule has 2 rings (SSSR count). The average molecular weight is 338 g/mol. The molecular weight excluding hydrogens is 312 g/mol. The van der Waals surface area contributed by atoms with Gasteiger partial charge in [0.25, 0.3) is 0 Å². The molecule has 0 bridgehead atoms. The Morgan fingerprint density at radius 1 is 1.30 bits per heavy atom. The van der Waals surface area contributed by atoms with E-state index in [0.717, 1.165) is 24.2 Å². The number of benzene rings is 1. The number of nitrogens with zero attached hydrogens (tertiary/aromatic N) is 2. The summed E-state index contributed by atoms with van der Waals surface area (Å²) in [5.74, 6) is 0.116. The predicted molar refractivity (Wildman–Crippen MR) is 93.3 cm³/mol. The summed E-state index contributed by atoms with van der Waals surface area (Å²) >= 11 is 0. The summed E-state index contributed by atoms with van der Waals surface area (Å²) in [6, 6.07) is 8.30. The molecule has 0 N–H and O–H groups in total. The topological polar surface area (TPSA) is 57.7 Å². The molecule has 1 atom stereocenters. The minimum Gasteiger partial charge on any atom is -0.372 e. The number of rotatable bonds is 5. The van der Waals surface area contributed by atoms with Crippen LogP contribution < -0.4 is 4.90 Å². The molecule has 128 valence electrons. The molecule has 1 heterocycles. The minimum absolute atomic E-state index is 0.0469. The van der Waals surface area contributed by atoms with E-state index in [4.69, 9.17) is 0 Å². The lowest BCUT2D eigenvalue weighted by Crippen LogP contribution is -2.43. The molecule has 0 saturated heterocycles. The van der Waals surface area contributed by atoms with E-state index in [2.05, 4.69) is 31.0 Å². The molecule has 0 spiro atoms. The third-order valence-corrected chi connectivity index (χ3v) is 5.40. The van der Waals surface area contributed by atoms with Crippen molar-refractivity contribution in [2.75, 3.05) is 30.5 Å². The van der Waals surface area contributed by atoms with Gasteiger partial charge in [0.05, 0.1) is 5.75 Å². The summed E-state index contributed by atoms with van der Waals surface area (Å²) < 4.78 is 22.5. The maximum Gasteiger partial charge on any atom is 0.223 e. The average Bonchev–Trinajstić information content (AvgIpc) is 2.63. The van der Waals surface area contributed by atoms with Gasteiger partial charge in [-0.1, -0.05) is 25.1 Å². The van der Waals surface area contributed by atoms with Gasteiger partial charge in [-0.15, -0.1) is 0 Å².